The minimum Gasteiger partial charge on any atom is -0.481 e. The Bertz CT molecular complexity index is 538. The molecule has 0 radical (unpaired) electrons. The maximum Gasteiger partial charge on any atom is 0.334 e. The van der Waals surface area contributed by atoms with E-state index in [-0.39, 0.29) is 5.78 Å². The number of rotatable bonds is 12. The van der Waals surface area contributed by atoms with Crippen LogP contribution in [0.5, 0.6) is 0 Å². The SMILES string of the molecule is CC(=O)O.CC(=O)OC(C)=O.CO[Si](C)(CCCCC(C)=O)OC.CO[Si](C)(CCCN)OC. The fourth-order valence-electron chi connectivity index (χ4n) is 2.02. The van der Waals surface area contributed by atoms with E-state index in [1.165, 1.54) is 13.8 Å². The summed E-state index contributed by atoms with van der Waals surface area (Å²) in [5.74, 6) is -1.70. The molecular formula is C21H47NO10Si2. The zero-order valence-corrected chi connectivity index (χ0v) is 24.6. The van der Waals surface area contributed by atoms with E-state index in [2.05, 4.69) is 4.74 Å². The van der Waals surface area contributed by atoms with Crippen molar-refractivity contribution in [3.8, 4) is 0 Å². The number of carbonyl (C=O) groups excluding carboxylic acids is 3. The third-order valence-corrected chi connectivity index (χ3v) is 10.2. The molecule has 0 fully saturated rings. The van der Waals surface area contributed by atoms with Gasteiger partial charge in [0.1, 0.15) is 5.78 Å². The number of carboxylic acids is 1. The minimum absolute atomic E-state index is 0.262. The summed E-state index contributed by atoms with van der Waals surface area (Å²) in [6, 6.07) is 1.95. The third kappa shape index (κ3) is 35.1. The molecule has 0 saturated carbocycles. The van der Waals surface area contributed by atoms with Crippen molar-refractivity contribution in [1.82, 2.24) is 0 Å². The Balaban J connectivity index is -0.000000190. The number of esters is 2. The molecule has 0 saturated heterocycles. The molecule has 0 aromatic carbocycles. The van der Waals surface area contributed by atoms with Crippen molar-refractivity contribution in [2.75, 3.05) is 35.0 Å². The van der Waals surface area contributed by atoms with Gasteiger partial charge in [-0.25, -0.2) is 0 Å². The first-order valence-corrected chi connectivity index (χ1v) is 15.9. The van der Waals surface area contributed by atoms with E-state index >= 15 is 0 Å². The second-order valence-corrected chi connectivity index (χ2v) is 14.7. The Morgan fingerprint density at radius 3 is 1.24 bits per heavy atom. The fraction of sp³-hybridized carbons (Fsp3) is 0.810. The number of aliphatic carboxylic acids is 1. The molecule has 204 valence electrons. The Morgan fingerprint density at radius 2 is 1.03 bits per heavy atom. The van der Waals surface area contributed by atoms with Gasteiger partial charge < -0.3 is 38.1 Å². The van der Waals surface area contributed by atoms with Gasteiger partial charge in [0.25, 0.3) is 5.97 Å². The number of ether oxygens (including phenoxy) is 1. The highest BCUT2D eigenvalue weighted by molar-refractivity contribution is 6.66. The third-order valence-electron chi connectivity index (χ3n) is 4.26. The van der Waals surface area contributed by atoms with Crippen LogP contribution in [0.2, 0.25) is 25.2 Å². The fourth-order valence-corrected chi connectivity index (χ4v) is 4.91. The molecule has 0 heterocycles. The predicted molar refractivity (Wildman–Crippen MR) is 135 cm³/mol. The summed E-state index contributed by atoms with van der Waals surface area (Å²) in [5.41, 5.74) is 5.36. The molecule has 34 heavy (non-hydrogen) atoms. The van der Waals surface area contributed by atoms with Gasteiger partial charge in [-0.15, -0.1) is 0 Å². The number of Topliss-reactive ketones (excluding diaryl/α,β-unsaturated/α-hetero) is 1. The smallest absolute Gasteiger partial charge is 0.334 e. The maximum atomic E-state index is 10.7. The van der Waals surface area contributed by atoms with Crippen LogP contribution in [-0.2, 0) is 41.6 Å². The molecule has 11 nitrogen and oxygen atoms in total. The van der Waals surface area contributed by atoms with E-state index < -0.39 is 35.0 Å². The first kappa shape index (κ1) is 39.7. The van der Waals surface area contributed by atoms with Crippen LogP contribution in [0.1, 0.15) is 53.4 Å². The number of carbonyl (C=O) groups is 4. The van der Waals surface area contributed by atoms with Gasteiger partial charge in [-0.1, -0.05) is 6.42 Å². The molecule has 3 N–H and O–H groups in total. The van der Waals surface area contributed by atoms with E-state index in [1.54, 1.807) is 35.4 Å². The molecule has 0 amide bonds. The van der Waals surface area contributed by atoms with Crippen LogP contribution < -0.4 is 5.73 Å². The molecule has 13 heteroatoms. The summed E-state index contributed by atoms with van der Waals surface area (Å²) in [4.78, 5) is 39.3. The van der Waals surface area contributed by atoms with Crippen molar-refractivity contribution in [3.63, 3.8) is 0 Å². The zero-order chi connectivity index (χ0) is 27.8. The van der Waals surface area contributed by atoms with E-state index in [4.69, 9.17) is 33.3 Å². The van der Waals surface area contributed by atoms with Gasteiger partial charge in [0, 0.05) is 55.6 Å². The number of ketones is 1. The average Bonchev–Trinajstić information content (AvgIpc) is 2.74. The van der Waals surface area contributed by atoms with E-state index in [1.807, 2.05) is 13.1 Å². The molecule has 0 aliphatic carbocycles. The Labute approximate surface area is 207 Å². The van der Waals surface area contributed by atoms with Gasteiger partial charge >= 0.3 is 29.1 Å². The molecular weight excluding hydrogens is 482 g/mol. The Hall–Kier alpha value is -1.49. The van der Waals surface area contributed by atoms with Crippen LogP contribution >= 0.6 is 0 Å². The topological polar surface area (TPSA) is 161 Å². The van der Waals surface area contributed by atoms with Gasteiger partial charge in [0.2, 0.25) is 0 Å². The monoisotopic (exact) mass is 529 g/mol. The number of carboxylic acid groups (broad SMARTS) is 1. The summed E-state index contributed by atoms with van der Waals surface area (Å²) in [7, 11) is 3.11. The maximum absolute atomic E-state index is 10.7. The van der Waals surface area contributed by atoms with E-state index in [0.717, 1.165) is 44.8 Å². The van der Waals surface area contributed by atoms with Crippen LogP contribution in [0.4, 0.5) is 0 Å². The lowest BCUT2D eigenvalue weighted by atomic mass is 10.2. The number of unbranched alkanes of at least 4 members (excludes halogenated alkanes) is 1. The van der Waals surface area contributed by atoms with Crippen molar-refractivity contribution in [3.05, 3.63) is 0 Å². The second-order valence-electron chi connectivity index (χ2n) is 7.49. The lowest BCUT2D eigenvalue weighted by Gasteiger charge is -2.22. The predicted octanol–water partition coefficient (Wildman–Crippen LogP) is 3.00. The van der Waals surface area contributed by atoms with Crippen LogP contribution in [-0.4, -0.2) is 80.9 Å². The standard InChI is InChI=1S/C9H20O3Si.C6H17NO2Si.C4H6O3.C2H4O2/c1-9(10)7-5-6-8-13(4,11-2)12-3;1-8-10(3,9-2)6-4-5-7;1-3(5)7-4(2)6;1-2(3)4/h5-8H2,1-4H3;4-7H2,1-3H3;1-2H3;1H3,(H,3,4). The number of nitrogens with two attached hydrogens (primary N) is 1. The van der Waals surface area contributed by atoms with Gasteiger partial charge in [0.05, 0.1) is 0 Å². The van der Waals surface area contributed by atoms with Crippen molar-refractivity contribution >= 4 is 40.8 Å². The summed E-state index contributed by atoms with van der Waals surface area (Å²) in [5, 5.41) is 7.42. The molecule has 0 aromatic rings. The summed E-state index contributed by atoms with van der Waals surface area (Å²) in [6.45, 7) is 9.88. The van der Waals surface area contributed by atoms with Gasteiger partial charge in [-0.05, 0) is 51.5 Å². The second kappa shape index (κ2) is 24.6. The largest absolute Gasteiger partial charge is 0.481 e. The number of hydrogen-bond donors (Lipinski definition) is 2. The first-order valence-electron chi connectivity index (χ1n) is 10.9. The molecule has 0 unspecified atom stereocenters. The van der Waals surface area contributed by atoms with E-state index in [9.17, 15) is 14.4 Å². The molecule has 0 aliphatic heterocycles. The number of hydrogen-bond acceptors (Lipinski definition) is 10. The highest BCUT2D eigenvalue weighted by Gasteiger charge is 2.28. The van der Waals surface area contributed by atoms with Crippen molar-refractivity contribution < 1.29 is 46.7 Å². The zero-order valence-electron chi connectivity index (χ0n) is 22.6. The summed E-state index contributed by atoms with van der Waals surface area (Å²) >= 11 is 0. The summed E-state index contributed by atoms with van der Waals surface area (Å²) < 4.78 is 25.1. The highest BCUT2D eigenvalue weighted by atomic mass is 28.4. The van der Waals surface area contributed by atoms with E-state index in [0.29, 0.717) is 6.42 Å². The average molecular weight is 530 g/mol. The molecule has 0 bridgehead atoms. The normalized spacial score (nSPS) is 10.3. The van der Waals surface area contributed by atoms with Crippen LogP contribution in [0.15, 0.2) is 0 Å². The van der Waals surface area contributed by atoms with Crippen molar-refractivity contribution in [2.45, 2.75) is 78.6 Å². The quantitative estimate of drug-likeness (QED) is 0.165. The Kier molecular flexibility index (Phi) is 28.8. The van der Waals surface area contributed by atoms with Crippen LogP contribution in [0.3, 0.4) is 0 Å². The molecule has 0 rings (SSSR count). The molecule has 0 spiro atoms. The lowest BCUT2D eigenvalue weighted by Crippen LogP contribution is -2.36. The first-order chi connectivity index (χ1) is 15.6. The van der Waals surface area contributed by atoms with Crippen molar-refractivity contribution in [2.24, 2.45) is 5.73 Å². The lowest BCUT2D eigenvalue weighted by molar-refractivity contribution is -0.156. The highest BCUT2D eigenvalue weighted by Crippen LogP contribution is 2.16. The summed E-state index contributed by atoms with van der Waals surface area (Å²) in [6.07, 6.45) is 3.64. The molecule has 0 atom stereocenters. The Morgan fingerprint density at radius 1 is 0.706 bits per heavy atom. The minimum atomic E-state index is -1.88. The van der Waals surface area contributed by atoms with Gasteiger partial charge in [-0.3, -0.25) is 14.4 Å². The van der Waals surface area contributed by atoms with Crippen LogP contribution in [0, 0.1) is 0 Å². The molecule has 0 aromatic heterocycles. The van der Waals surface area contributed by atoms with Crippen LogP contribution in [0.25, 0.3) is 0 Å². The van der Waals surface area contributed by atoms with Gasteiger partial charge in [0.15, 0.2) is 0 Å². The molecule has 0 aliphatic rings. The van der Waals surface area contributed by atoms with Crippen molar-refractivity contribution in [1.29, 1.82) is 0 Å². The van der Waals surface area contributed by atoms with Gasteiger partial charge in [-0.2, -0.15) is 0 Å².